The molecule has 1 saturated heterocycles. The molecule has 162 valence electrons. The predicted molar refractivity (Wildman–Crippen MR) is 124 cm³/mol. The van der Waals surface area contributed by atoms with Crippen LogP contribution in [0.25, 0.3) is 0 Å². The molecule has 0 saturated carbocycles. The molecule has 3 aromatic rings. The van der Waals surface area contributed by atoms with Gasteiger partial charge in [-0.05, 0) is 62.4 Å². The third-order valence-electron chi connectivity index (χ3n) is 5.04. The minimum absolute atomic E-state index is 0.189. The molecule has 0 spiro atoms. The SMILES string of the molecule is CNS(=O)(=O)c1ccc(N2CCCC2)c(Nc2cc(Nc3ccc(Cl)cc3)ncn2)c1. The zero-order chi connectivity index (χ0) is 21.8. The van der Waals surface area contributed by atoms with E-state index in [0.29, 0.717) is 22.3 Å². The molecule has 0 aliphatic carbocycles. The van der Waals surface area contributed by atoms with Gasteiger partial charge < -0.3 is 15.5 Å². The van der Waals surface area contributed by atoms with E-state index in [1.165, 1.54) is 13.4 Å². The maximum absolute atomic E-state index is 12.3. The summed E-state index contributed by atoms with van der Waals surface area (Å²) in [6.45, 7) is 1.86. The van der Waals surface area contributed by atoms with E-state index in [9.17, 15) is 8.42 Å². The lowest BCUT2D eigenvalue weighted by Crippen LogP contribution is -2.21. The largest absolute Gasteiger partial charge is 0.370 e. The van der Waals surface area contributed by atoms with Crippen LogP contribution >= 0.6 is 11.6 Å². The molecule has 0 unspecified atom stereocenters. The molecular formula is C21H23ClN6O2S. The van der Waals surface area contributed by atoms with Gasteiger partial charge in [0.05, 0.1) is 16.3 Å². The van der Waals surface area contributed by atoms with Crippen LogP contribution in [0, 0.1) is 0 Å². The average molecular weight is 459 g/mol. The summed E-state index contributed by atoms with van der Waals surface area (Å²) < 4.78 is 27.0. The first-order chi connectivity index (χ1) is 14.9. The van der Waals surface area contributed by atoms with Crippen molar-refractivity contribution in [2.45, 2.75) is 17.7 Å². The number of nitrogens with zero attached hydrogens (tertiary/aromatic N) is 3. The van der Waals surface area contributed by atoms with E-state index in [-0.39, 0.29) is 4.90 Å². The Morgan fingerprint density at radius 1 is 0.935 bits per heavy atom. The first-order valence-electron chi connectivity index (χ1n) is 9.89. The quantitative estimate of drug-likeness (QED) is 0.489. The Labute approximate surface area is 186 Å². The number of nitrogens with one attached hydrogen (secondary N) is 3. The maximum atomic E-state index is 12.3. The molecule has 1 aliphatic heterocycles. The van der Waals surface area contributed by atoms with Crippen molar-refractivity contribution in [1.82, 2.24) is 14.7 Å². The van der Waals surface area contributed by atoms with E-state index in [4.69, 9.17) is 11.6 Å². The Bertz CT molecular complexity index is 1160. The van der Waals surface area contributed by atoms with Crippen LogP contribution in [0.15, 0.2) is 59.8 Å². The number of halogens is 1. The Kier molecular flexibility index (Phi) is 6.26. The van der Waals surface area contributed by atoms with Gasteiger partial charge in [-0.3, -0.25) is 0 Å². The number of rotatable bonds is 7. The van der Waals surface area contributed by atoms with E-state index in [1.54, 1.807) is 30.3 Å². The van der Waals surface area contributed by atoms with Gasteiger partial charge in [0.2, 0.25) is 10.0 Å². The maximum Gasteiger partial charge on any atom is 0.240 e. The standard InChI is InChI=1S/C21H23ClN6O2S/c1-23-31(29,30)17-8-9-19(28-10-2-3-11-28)18(12-17)27-21-13-20(24-14-25-21)26-16-6-4-15(22)5-7-16/h4-9,12-14,23H,2-3,10-11H2,1H3,(H2,24,25,26,27). The van der Waals surface area contributed by atoms with E-state index >= 15 is 0 Å². The fraction of sp³-hybridized carbons (Fsp3) is 0.238. The van der Waals surface area contributed by atoms with Gasteiger partial charge in [0.15, 0.2) is 0 Å². The topological polar surface area (TPSA) is 99.2 Å². The first-order valence-corrected chi connectivity index (χ1v) is 11.7. The number of anilines is 5. The summed E-state index contributed by atoms with van der Waals surface area (Å²) in [5, 5.41) is 7.14. The summed E-state index contributed by atoms with van der Waals surface area (Å²) in [5.74, 6) is 1.15. The number of aromatic nitrogens is 2. The van der Waals surface area contributed by atoms with Crippen LogP contribution in [0.3, 0.4) is 0 Å². The molecule has 31 heavy (non-hydrogen) atoms. The first kappa shape index (κ1) is 21.4. The summed E-state index contributed by atoms with van der Waals surface area (Å²) in [6, 6.07) is 14.2. The Morgan fingerprint density at radius 2 is 1.61 bits per heavy atom. The summed E-state index contributed by atoms with van der Waals surface area (Å²) >= 11 is 5.94. The van der Waals surface area contributed by atoms with Gasteiger partial charge in [-0.25, -0.2) is 23.1 Å². The smallest absolute Gasteiger partial charge is 0.240 e. The van der Waals surface area contributed by atoms with Crippen LogP contribution in [0.1, 0.15) is 12.8 Å². The van der Waals surface area contributed by atoms with E-state index in [2.05, 4.69) is 30.2 Å². The van der Waals surface area contributed by atoms with Crippen LogP contribution in [-0.4, -0.2) is 38.5 Å². The molecule has 2 heterocycles. The highest BCUT2D eigenvalue weighted by atomic mass is 35.5. The van der Waals surface area contributed by atoms with Gasteiger partial charge in [-0.15, -0.1) is 0 Å². The molecule has 0 bridgehead atoms. The fourth-order valence-corrected chi connectivity index (χ4v) is 4.33. The highest BCUT2D eigenvalue weighted by Crippen LogP contribution is 2.33. The molecule has 8 nitrogen and oxygen atoms in total. The summed E-state index contributed by atoms with van der Waals surface area (Å²) in [6.07, 6.45) is 3.67. The molecular weight excluding hydrogens is 436 g/mol. The molecule has 2 aromatic carbocycles. The van der Waals surface area contributed by atoms with Crippen molar-refractivity contribution in [3.8, 4) is 0 Å². The minimum Gasteiger partial charge on any atom is -0.370 e. The van der Waals surface area contributed by atoms with Crippen molar-refractivity contribution in [1.29, 1.82) is 0 Å². The van der Waals surface area contributed by atoms with E-state index in [0.717, 1.165) is 37.3 Å². The summed E-state index contributed by atoms with van der Waals surface area (Å²) in [5.41, 5.74) is 2.46. The van der Waals surface area contributed by atoms with Crippen molar-refractivity contribution in [3.63, 3.8) is 0 Å². The lowest BCUT2D eigenvalue weighted by Gasteiger charge is -2.22. The van der Waals surface area contributed by atoms with E-state index < -0.39 is 10.0 Å². The van der Waals surface area contributed by atoms with Crippen molar-refractivity contribution in [2.24, 2.45) is 0 Å². The molecule has 10 heteroatoms. The Morgan fingerprint density at radius 3 is 2.29 bits per heavy atom. The summed E-state index contributed by atoms with van der Waals surface area (Å²) in [7, 11) is -2.17. The zero-order valence-electron chi connectivity index (χ0n) is 17.0. The molecule has 1 fully saturated rings. The molecule has 3 N–H and O–H groups in total. The fourth-order valence-electron chi connectivity index (χ4n) is 3.45. The third-order valence-corrected chi connectivity index (χ3v) is 6.70. The number of hydrogen-bond donors (Lipinski definition) is 3. The molecule has 1 aliphatic rings. The molecule has 0 radical (unpaired) electrons. The summed E-state index contributed by atoms with van der Waals surface area (Å²) in [4.78, 5) is 11.0. The lowest BCUT2D eigenvalue weighted by molar-refractivity contribution is 0.588. The Balaban J connectivity index is 1.64. The second kappa shape index (κ2) is 9.09. The highest BCUT2D eigenvalue weighted by molar-refractivity contribution is 7.89. The highest BCUT2D eigenvalue weighted by Gasteiger charge is 2.20. The van der Waals surface area contributed by atoms with Crippen molar-refractivity contribution in [3.05, 3.63) is 59.9 Å². The lowest BCUT2D eigenvalue weighted by atomic mass is 10.2. The monoisotopic (exact) mass is 458 g/mol. The molecule has 0 atom stereocenters. The van der Waals surface area contributed by atoms with Gasteiger partial charge in [0.1, 0.15) is 18.0 Å². The second-order valence-electron chi connectivity index (χ2n) is 7.13. The average Bonchev–Trinajstić information content (AvgIpc) is 3.30. The van der Waals surface area contributed by atoms with Crippen molar-refractivity contribution >= 4 is 50.3 Å². The van der Waals surface area contributed by atoms with E-state index in [1.807, 2.05) is 18.2 Å². The number of sulfonamides is 1. The zero-order valence-corrected chi connectivity index (χ0v) is 18.5. The van der Waals surface area contributed by atoms with Crippen molar-refractivity contribution < 1.29 is 8.42 Å². The molecule has 0 amide bonds. The number of hydrogen-bond acceptors (Lipinski definition) is 7. The van der Waals surface area contributed by atoms with Crippen LogP contribution in [0.2, 0.25) is 5.02 Å². The van der Waals surface area contributed by atoms with Gasteiger partial charge in [0.25, 0.3) is 0 Å². The third kappa shape index (κ3) is 5.07. The van der Waals surface area contributed by atoms with Crippen LogP contribution in [0.5, 0.6) is 0 Å². The van der Waals surface area contributed by atoms with Gasteiger partial charge in [-0.2, -0.15) is 0 Å². The van der Waals surface area contributed by atoms with Crippen LogP contribution in [0.4, 0.5) is 28.7 Å². The molecule has 1 aromatic heterocycles. The van der Waals surface area contributed by atoms with Gasteiger partial charge in [0, 0.05) is 29.9 Å². The Hall–Kier alpha value is -2.88. The normalized spacial score (nSPS) is 13.9. The van der Waals surface area contributed by atoms with Crippen LogP contribution in [-0.2, 0) is 10.0 Å². The van der Waals surface area contributed by atoms with Crippen molar-refractivity contribution in [2.75, 3.05) is 35.7 Å². The van der Waals surface area contributed by atoms with Crippen LogP contribution < -0.4 is 20.3 Å². The van der Waals surface area contributed by atoms with Gasteiger partial charge in [-0.1, -0.05) is 11.6 Å². The second-order valence-corrected chi connectivity index (χ2v) is 9.45. The number of benzene rings is 2. The van der Waals surface area contributed by atoms with Gasteiger partial charge >= 0.3 is 0 Å². The predicted octanol–water partition coefficient (Wildman–Crippen LogP) is 4.13. The minimum atomic E-state index is -3.57. The molecule has 4 rings (SSSR count).